The third-order valence-corrected chi connectivity index (χ3v) is 4.07. The molecule has 0 aromatic rings. The van der Waals surface area contributed by atoms with Crippen LogP contribution in [0.4, 0.5) is 0 Å². The van der Waals surface area contributed by atoms with Crippen molar-refractivity contribution in [3.05, 3.63) is 109 Å². The van der Waals surface area contributed by atoms with Gasteiger partial charge in [-0.15, -0.1) is 0 Å². The van der Waals surface area contributed by atoms with E-state index in [-0.39, 0.29) is 5.91 Å². The maximum Gasteiger partial charge on any atom is 0.252 e. The van der Waals surface area contributed by atoms with Crippen molar-refractivity contribution in [1.82, 2.24) is 5.32 Å². The zero-order chi connectivity index (χ0) is 18.9. The molecule has 0 bridgehead atoms. The molecule has 2 nitrogen and oxygen atoms in total. The lowest BCUT2D eigenvalue weighted by molar-refractivity contribution is -0.116. The number of carbonyl (C=O) groups excluding carboxylic acids is 1. The second-order valence-corrected chi connectivity index (χ2v) is 5.55. The molecule has 0 aromatic carbocycles. The number of carbonyl (C=O) groups is 1. The quantitative estimate of drug-likeness (QED) is 0.498. The van der Waals surface area contributed by atoms with Crippen LogP contribution >= 0.6 is 0 Å². The van der Waals surface area contributed by atoms with Gasteiger partial charge in [-0.05, 0) is 37.5 Å². The Hall–Kier alpha value is -2.87. The zero-order valence-electron chi connectivity index (χ0n) is 15.4. The molecular weight excluding hydrogens is 306 g/mol. The number of hydrogen-bond donors (Lipinski definition) is 1. The minimum Gasteiger partial charge on any atom is -0.335 e. The first-order valence-electron chi connectivity index (χ1n) is 8.28. The lowest BCUT2D eigenvalue weighted by atomic mass is 9.75. The van der Waals surface area contributed by atoms with Crippen molar-refractivity contribution in [3.8, 4) is 0 Å². The zero-order valence-corrected chi connectivity index (χ0v) is 15.4. The number of rotatable bonds is 7. The van der Waals surface area contributed by atoms with Crippen LogP contribution in [0.25, 0.3) is 0 Å². The van der Waals surface area contributed by atoms with E-state index in [1.807, 2.05) is 69.4 Å². The predicted octanol–water partition coefficient (Wildman–Crippen LogP) is 5.29. The van der Waals surface area contributed by atoms with E-state index in [1.165, 1.54) is 0 Å². The average Bonchev–Trinajstić information content (AvgIpc) is 2.88. The maximum atomic E-state index is 12.7. The molecular formula is C23H27NO. The number of hydrogen-bond acceptors (Lipinski definition) is 1. The van der Waals surface area contributed by atoms with Crippen molar-refractivity contribution in [3.63, 3.8) is 0 Å². The summed E-state index contributed by atoms with van der Waals surface area (Å²) in [6, 6.07) is 0. The summed E-state index contributed by atoms with van der Waals surface area (Å²) in [5.74, 6) is -0.101. The van der Waals surface area contributed by atoms with E-state index < -0.39 is 5.54 Å². The highest BCUT2D eigenvalue weighted by Gasteiger charge is 2.48. The Balaban J connectivity index is 3.86. The van der Waals surface area contributed by atoms with Crippen LogP contribution in [0.3, 0.4) is 0 Å². The fourth-order valence-electron chi connectivity index (χ4n) is 3.03. The summed E-state index contributed by atoms with van der Waals surface area (Å²) in [5, 5.41) is 3.18. The van der Waals surface area contributed by atoms with Gasteiger partial charge in [-0.2, -0.15) is 0 Å². The summed E-state index contributed by atoms with van der Waals surface area (Å²) in [7, 11) is 0. The lowest BCUT2D eigenvalue weighted by Crippen LogP contribution is -2.45. The van der Waals surface area contributed by atoms with Gasteiger partial charge < -0.3 is 5.32 Å². The molecule has 1 heterocycles. The van der Waals surface area contributed by atoms with E-state index >= 15 is 0 Å². The first kappa shape index (κ1) is 20.2. The van der Waals surface area contributed by atoms with E-state index in [9.17, 15) is 4.79 Å². The van der Waals surface area contributed by atoms with Crippen LogP contribution in [0, 0.1) is 0 Å². The third kappa shape index (κ3) is 3.97. The summed E-state index contributed by atoms with van der Waals surface area (Å²) in [6.45, 7) is 17.2. The van der Waals surface area contributed by atoms with Crippen LogP contribution in [0.15, 0.2) is 109 Å². The standard InChI is InChI=1S/C23H27NO/c1-7-12-13-17-18(6)23(19(14-8-2)15-9-3)21(16-10-4)20(11-5)22(25)24-23/h7-17H,1-2,4H2,3,5-6H3,(H,24,25)/b13-12-,15-9-,18-17+,19-14+,20-11+,21-16+. The minimum absolute atomic E-state index is 0.101. The SMILES string of the molecule is C=C/C=C\C=C(/C)C1(C(/C=C\C)=C/C=C)NC(=O)C(=C/C)/C1=C\C=C. The van der Waals surface area contributed by atoms with Crippen LogP contribution in [0.5, 0.6) is 0 Å². The van der Waals surface area contributed by atoms with E-state index in [2.05, 4.69) is 25.1 Å². The average molecular weight is 333 g/mol. The first-order valence-corrected chi connectivity index (χ1v) is 8.28. The van der Waals surface area contributed by atoms with Crippen LogP contribution in [0.2, 0.25) is 0 Å². The van der Waals surface area contributed by atoms with Crippen molar-refractivity contribution < 1.29 is 4.79 Å². The van der Waals surface area contributed by atoms with Gasteiger partial charge in [-0.25, -0.2) is 0 Å². The van der Waals surface area contributed by atoms with Gasteiger partial charge in [0.05, 0.1) is 0 Å². The first-order chi connectivity index (χ1) is 12.0. The predicted molar refractivity (Wildman–Crippen MR) is 109 cm³/mol. The van der Waals surface area contributed by atoms with E-state index in [1.54, 1.807) is 18.2 Å². The highest BCUT2D eigenvalue weighted by atomic mass is 16.2. The molecule has 1 rings (SSSR count). The summed E-state index contributed by atoms with van der Waals surface area (Å²) in [6.07, 6.45) is 20.5. The van der Waals surface area contributed by atoms with E-state index in [0.717, 1.165) is 16.7 Å². The second-order valence-electron chi connectivity index (χ2n) is 5.55. The molecule has 0 saturated carbocycles. The molecule has 1 unspecified atom stereocenters. The molecule has 1 amide bonds. The van der Waals surface area contributed by atoms with Gasteiger partial charge in [0.25, 0.3) is 5.91 Å². The summed E-state index contributed by atoms with van der Waals surface area (Å²) >= 11 is 0. The normalized spacial score (nSPS) is 25.2. The highest BCUT2D eigenvalue weighted by molar-refractivity contribution is 6.05. The molecule has 0 aliphatic carbocycles. The number of nitrogens with one attached hydrogen (secondary N) is 1. The second kappa shape index (κ2) is 9.43. The molecule has 0 aromatic heterocycles. The van der Waals surface area contributed by atoms with Crippen LogP contribution in [0.1, 0.15) is 20.8 Å². The fraction of sp³-hybridized carbons (Fsp3) is 0.174. The Morgan fingerprint density at radius 3 is 2.28 bits per heavy atom. The number of amides is 1. The van der Waals surface area contributed by atoms with Gasteiger partial charge >= 0.3 is 0 Å². The molecule has 25 heavy (non-hydrogen) atoms. The van der Waals surface area contributed by atoms with E-state index in [4.69, 9.17) is 0 Å². The fourth-order valence-corrected chi connectivity index (χ4v) is 3.03. The van der Waals surface area contributed by atoms with Crippen molar-refractivity contribution in [2.24, 2.45) is 0 Å². The molecule has 1 aliphatic heterocycles. The van der Waals surface area contributed by atoms with Crippen LogP contribution in [-0.2, 0) is 4.79 Å². The highest BCUT2D eigenvalue weighted by Crippen LogP contribution is 2.43. The van der Waals surface area contributed by atoms with Crippen LogP contribution < -0.4 is 5.32 Å². The van der Waals surface area contributed by atoms with Crippen LogP contribution in [-0.4, -0.2) is 11.4 Å². The Bertz CT molecular complexity index is 738. The number of allylic oxidation sites excluding steroid dienone is 10. The molecule has 0 spiro atoms. The third-order valence-electron chi connectivity index (χ3n) is 4.07. The molecule has 1 fully saturated rings. The van der Waals surface area contributed by atoms with Gasteiger partial charge in [0.15, 0.2) is 0 Å². The lowest BCUT2D eigenvalue weighted by Gasteiger charge is -2.33. The minimum atomic E-state index is -0.765. The summed E-state index contributed by atoms with van der Waals surface area (Å²) in [5.41, 5.74) is 2.68. The van der Waals surface area contributed by atoms with Crippen molar-refractivity contribution in [2.75, 3.05) is 0 Å². The Morgan fingerprint density at radius 2 is 1.76 bits per heavy atom. The summed E-state index contributed by atoms with van der Waals surface area (Å²) in [4.78, 5) is 12.7. The van der Waals surface area contributed by atoms with Gasteiger partial charge in [0.2, 0.25) is 0 Å². The molecule has 130 valence electrons. The molecule has 2 heteroatoms. The molecule has 1 saturated heterocycles. The molecule has 1 atom stereocenters. The Kier molecular flexibility index (Phi) is 7.61. The Morgan fingerprint density at radius 1 is 1.04 bits per heavy atom. The van der Waals surface area contributed by atoms with Gasteiger partial charge in [0, 0.05) is 5.57 Å². The van der Waals surface area contributed by atoms with Gasteiger partial charge in [-0.1, -0.05) is 86.6 Å². The van der Waals surface area contributed by atoms with Crippen molar-refractivity contribution in [1.29, 1.82) is 0 Å². The molecule has 0 radical (unpaired) electrons. The van der Waals surface area contributed by atoms with Crippen molar-refractivity contribution >= 4 is 5.91 Å². The van der Waals surface area contributed by atoms with E-state index in [0.29, 0.717) is 5.57 Å². The maximum absolute atomic E-state index is 12.7. The summed E-state index contributed by atoms with van der Waals surface area (Å²) < 4.78 is 0. The van der Waals surface area contributed by atoms with Crippen molar-refractivity contribution in [2.45, 2.75) is 26.3 Å². The topological polar surface area (TPSA) is 29.1 Å². The molecule has 1 aliphatic rings. The monoisotopic (exact) mass is 333 g/mol. The largest absolute Gasteiger partial charge is 0.335 e. The Labute approximate surface area is 151 Å². The smallest absolute Gasteiger partial charge is 0.252 e. The molecule has 1 N–H and O–H groups in total. The van der Waals surface area contributed by atoms with Gasteiger partial charge in [0.1, 0.15) is 5.54 Å². The van der Waals surface area contributed by atoms with Gasteiger partial charge in [-0.3, -0.25) is 4.79 Å².